The van der Waals surface area contributed by atoms with Gasteiger partial charge in [0.15, 0.2) is 5.96 Å². The number of rotatable bonds is 7. The maximum atomic E-state index is 13.6. The first-order valence-corrected chi connectivity index (χ1v) is 16.0. The van der Waals surface area contributed by atoms with Crippen molar-refractivity contribution in [1.29, 1.82) is 0 Å². The van der Waals surface area contributed by atoms with Gasteiger partial charge in [0, 0.05) is 31.6 Å². The van der Waals surface area contributed by atoms with Gasteiger partial charge in [-0.15, -0.1) is 0 Å². The summed E-state index contributed by atoms with van der Waals surface area (Å²) >= 11 is 0. The number of aromatic nitrogens is 2. The minimum absolute atomic E-state index is 0.00322. The van der Waals surface area contributed by atoms with Gasteiger partial charge in [-0.3, -0.25) is 9.59 Å². The maximum absolute atomic E-state index is 13.6. The first-order valence-electron chi connectivity index (χ1n) is 16.0. The zero-order valence-electron chi connectivity index (χ0n) is 28.2. The quantitative estimate of drug-likeness (QED) is 0.156. The van der Waals surface area contributed by atoms with E-state index in [0.29, 0.717) is 37.5 Å². The zero-order valence-corrected chi connectivity index (χ0v) is 28.2. The Hall–Kier alpha value is -4.91. The number of carbonyl (C=O) groups excluding carboxylic acids is 2. The van der Waals surface area contributed by atoms with Crippen LogP contribution in [0.5, 0.6) is 0 Å². The predicted octanol–water partition coefficient (Wildman–Crippen LogP) is 3.92. The van der Waals surface area contributed by atoms with Crippen LogP contribution in [0.2, 0.25) is 0 Å². The zero-order chi connectivity index (χ0) is 38.7. The number of benzene rings is 1. The molecule has 3 unspecified atom stereocenters. The summed E-state index contributed by atoms with van der Waals surface area (Å²) in [6, 6.07) is 5.89. The Morgan fingerprint density at radius 2 is 1.51 bits per heavy atom. The molecule has 0 bridgehead atoms. The van der Waals surface area contributed by atoms with E-state index in [1.165, 1.54) is 0 Å². The molecule has 7 N–H and O–H groups in total. The average molecular weight is 737 g/mol. The molecule has 1 aliphatic carbocycles. The van der Waals surface area contributed by atoms with Gasteiger partial charge in [0.25, 0.3) is 5.91 Å². The van der Waals surface area contributed by atoms with E-state index < -0.39 is 24.3 Å². The van der Waals surface area contributed by atoms with Gasteiger partial charge < -0.3 is 36.8 Å². The molecule has 51 heavy (non-hydrogen) atoms. The highest BCUT2D eigenvalue weighted by atomic mass is 19.4. The molecule has 0 radical (unpaired) electrons. The summed E-state index contributed by atoms with van der Waals surface area (Å²) in [6.07, 6.45) is -4.67. The molecule has 284 valence electrons. The monoisotopic (exact) mass is 736 g/mol. The lowest BCUT2D eigenvalue weighted by molar-refractivity contribution is -0.193. The Kier molecular flexibility index (Phi) is 15.2. The Labute approximate surface area is 289 Å². The number of aliphatic imine (C=N–C) groups is 1. The highest BCUT2D eigenvalue weighted by Gasteiger charge is 2.39. The second-order valence-corrected chi connectivity index (χ2v) is 11.8. The molecule has 4 rings (SSSR count). The van der Waals surface area contributed by atoms with Crippen molar-refractivity contribution >= 4 is 46.4 Å². The minimum Gasteiger partial charge on any atom is -0.475 e. The van der Waals surface area contributed by atoms with Crippen LogP contribution in [-0.4, -0.2) is 110 Å². The maximum Gasteiger partial charge on any atom is 0.490 e. The number of carboxylic acids is 2. The fourth-order valence-electron chi connectivity index (χ4n) is 5.55. The van der Waals surface area contributed by atoms with Gasteiger partial charge in [-0.25, -0.2) is 24.5 Å². The van der Waals surface area contributed by atoms with E-state index in [9.17, 15) is 35.9 Å². The lowest BCUT2D eigenvalue weighted by Crippen LogP contribution is -2.47. The second-order valence-electron chi connectivity index (χ2n) is 11.8. The van der Waals surface area contributed by atoms with Crippen LogP contribution in [0.4, 0.5) is 32.2 Å². The first kappa shape index (κ1) is 42.3. The number of anilines is 1. The SMILES string of the molecule is CCN(CC)C(=O)C1CCCN(C(=O)c2nc(NC3CCCCC3N=C(N)N)c3cc(C)ccc3n2)C1.O=C(O)C(F)(F)F.O=C(O)C(F)(F)F. The number of nitrogens with two attached hydrogens (primary N) is 2. The highest BCUT2D eigenvalue weighted by Crippen LogP contribution is 2.29. The van der Waals surface area contributed by atoms with Gasteiger partial charge in [0.1, 0.15) is 5.82 Å². The molecular formula is C31H42F6N8O6. The van der Waals surface area contributed by atoms with E-state index in [-0.39, 0.29) is 41.6 Å². The van der Waals surface area contributed by atoms with Crippen molar-refractivity contribution in [1.82, 2.24) is 19.8 Å². The van der Waals surface area contributed by atoms with Crippen molar-refractivity contribution in [3.8, 4) is 0 Å². The first-order chi connectivity index (χ1) is 23.7. The second kappa shape index (κ2) is 18.4. The Morgan fingerprint density at radius 3 is 2.04 bits per heavy atom. The molecule has 2 amide bonds. The van der Waals surface area contributed by atoms with Gasteiger partial charge in [-0.05, 0) is 58.6 Å². The Morgan fingerprint density at radius 1 is 0.941 bits per heavy atom. The van der Waals surface area contributed by atoms with Crippen LogP contribution in [0.15, 0.2) is 23.2 Å². The molecule has 1 saturated heterocycles. The van der Waals surface area contributed by atoms with Crippen LogP contribution >= 0.6 is 0 Å². The molecule has 2 heterocycles. The van der Waals surface area contributed by atoms with Crippen LogP contribution in [0, 0.1) is 12.8 Å². The smallest absolute Gasteiger partial charge is 0.475 e. The highest BCUT2D eigenvalue weighted by molar-refractivity contribution is 5.97. The Balaban J connectivity index is 0.000000543. The van der Waals surface area contributed by atoms with Crippen molar-refractivity contribution in [2.75, 3.05) is 31.5 Å². The number of hydrogen-bond acceptors (Lipinski definition) is 8. The molecule has 1 aromatic heterocycles. The van der Waals surface area contributed by atoms with Gasteiger partial charge >= 0.3 is 24.3 Å². The molecule has 2 aliphatic rings. The largest absolute Gasteiger partial charge is 0.490 e. The van der Waals surface area contributed by atoms with E-state index >= 15 is 0 Å². The molecule has 20 heteroatoms. The number of guanidine groups is 1. The molecule has 1 aromatic carbocycles. The number of amides is 2. The van der Waals surface area contributed by atoms with Crippen LogP contribution in [0.1, 0.15) is 68.6 Å². The van der Waals surface area contributed by atoms with Crippen LogP contribution in [-0.2, 0) is 14.4 Å². The number of aryl methyl sites for hydroxylation is 1. The molecule has 0 spiro atoms. The number of aliphatic carboxylic acids is 2. The summed E-state index contributed by atoms with van der Waals surface area (Å²) in [6.45, 7) is 8.31. The third-order valence-corrected chi connectivity index (χ3v) is 8.03. The lowest BCUT2D eigenvalue weighted by atomic mass is 9.90. The van der Waals surface area contributed by atoms with Gasteiger partial charge in [-0.1, -0.05) is 24.5 Å². The van der Waals surface area contributed by atoms with Gasteiger partial charge in [0.05, 0.1) is 23.5 Å². The standard InChI is InChI=1S/C27H40N8O2.2C2HF3O2/c1-4-34(5-2)25(36)18-9-8-14-35(16-18)26(37)24-30-20-13-12-17(3)15-19(20)23(33-24)31-21-10-6-7-11-22(21)32-27(28)29;2*3-2(4,5)1(6)7/h12-13,15,18,21-22H,4-11,14,16H2,1-3H3,(H4,28,29,32)(H,30,31,33);2*(H,6,7). The summed E-state index contributed by atoms with van der Waals surface area (Å²) in [5, 5.41) is 18.7. The number of carbonyl (C=O) groups is 4. The van der Waals surface area contributed by atoms with Crippen molar-refractivity contribution < 1.29 is 55.7 Å². The average Bonchev–Trinajstić information content (AvgIpc) is 3.05. The topological polar surface area (TPSA) is 217 Å². The van der Waals surface area contributed by atoms with Crippen molar-refractivity contribution in [2.24, 2.45) is 22.4 Å². The molecular weight excluding hydrogens is 694 g/mol. The number of alkyl halides is 6. The summed E-state index contributed by atoms with van der Waals surface area (Å²) in [5.74, 6) is -5.00. The molecule has 3 atom stereocenters. The van der Waals surface area contributed by atoms with E-state index in [0.717, 1.165) is 49.5 Å². The minimum atomic E-state index is -5.08. The number of nitrogens with zero attached hydrogens (tertiary/aromatic N) is 5. The number of halogens is 6. The molecule has 2 aromatic rings. The Bertz CT molecular complexity index is 1540. The molecule has 1 saturated carbocycles. The summed E-state index contributed by atoms with van der Waals surface area (Å²) in [7, 11) is 0. The number of carboxylic acid groups (broad SMARTS) is 2. The molecule has 2 fully saturated rings. The summed E-state index contributed by atoms with van der Waals surface area (Å²) in [4.78, 5) is 61.8. The number of likely N-dealkylation sites (tertiary alicyclic amines) is 1. The summed E-state index contributed by atoms with van der Waals surface area (Å²) in [5.41, 5.74) is 13.2. The molecule has 14 nitrogen and oxygen atoms in total. The van der Waals surface area contributed by atoms with E-state index in [1.54, 1.807) is 4.90 Å². The van der Waals surface area contributed by atoms with E-state index in [2.05, 4.69) is 15.3 Å². The fraction of sp³-hybridized carbons (Fsp3) is 0.581. The fourth-order valence-corrected chi connectivity index (χ4v) is 5.55. The van der Waals surface area contributed by atoms with Gasteiger partial charge in [-0.2, -0.15) is 26.3 Å². The third kappa shape index (κ3) is 12.7. The van der Waals surface area contributed by atoms with Gasteiger partial charge in [0.2, 0.25) is 11.7 Å². The van der Waals surface area contributed by atoms with Crippen LogP contribution < -0.4 is 16.8 Å². The van der Waals surface area contributed by atoms with E-state index in [1.807, 2.05) is 43.9 Å². The molecule has 1 aliphatic heterocycles. The van der Waals surface area contributed by atoms with Crippen molar-refractivity contribution in [3.05, 3.63) is 29.6 Å². The summed E-state index contributed by atoms with van der Waals surface area (Å²) < 4.78 is 63.5. The van der Waals surface area contributed by atoms with Crippen molar-refractivity contribution in [2.45, 2.75) is 83.7 Å². The number of hydrogen-bond donors (Lipinski definition) is 5. The normalized spacial score (nSPS) is 19.0. The van der Waals surface area contributed by atoms with Crippen LogP contribution in [0.3, 0.4) is 0 Å². The third-order valence-electron chi connectivity index (χ3n) is 8.03. The lowest BCUT2D eigenvalue weighted by Gasteiger charge is -2.34. The number of piperidine rings is 1. The predicted molar refractivity (Wildman–Crippen MR) is 174 cm³/mol. The van der Waals surface area contributed by atoms with Crippen LogP contribution in [0.25, 0.3) is 10.9 Å². The van der Waals surface area contributed by atoms with E-state index in [4.69, 9.17) is 36.3 Å². The van der Waals surface area contributed by atoms with Crippen molar-refractivity contribution in [3.63, 3.8) is 0 Å². The number of nitrogens with one attached hydrogen (secondary N) is 1. The number of fused-ring (bicyclic) bond motifs is 1.